The molecule has 1 aliphatic rings. The summed E-state index contributed by atoms with van der Waals surface area (Å²) in [6, 6.07) is 17.8. The van der Waals surface area contributed by atoms with Crippen LogP contribution >= 0.6 is 0 Å². The van der Waals surface area contributed by atoms with Gasteiger partial charge in [-0.15, -0.1) is 0 Å². The smallest absolute Gasteiger partial charge is 0.412 e. The zero-order valence-corrected chi connectivity index (χ0v) is 20.2. The number of piperidine rings is 1. The number of phenolic OH excluding ortho intramolecular Hbond substituents is 1. The lowest BCUT2D eigenvalue weighted by molar-refractivity contribution is 0.0975. The number of likely N-dealkylation sites (tertiary alicyclic amines) is 1. The third kappa shape index (κ3) is 5.39. The number of carbonyl (C=O) groups excluding carboxylic acids is 2. The molecule has 36 heavy (non-hydrogen) atoms. The summed E-state index contributed by atoms with van der Waals surface area (Å²) in [5.41, 5.74) is 2.41. The van der Waals surface area contributed by atoms with Gasteiger partial charge < -0.3 is 9.84 Å². The molecule has 0 atom stereocenters. The van der Waals surface area contributed by atoms with Crippen LogP contribution in [-0.4, -0.2) is 51.9 Å². The van der Waals surface area contributed by atoms with Gasteiger partial charge in [-0.2, -0.15) is 10.4 Å². The van der Waals surface area contributed by atoms with Gasteiger partial charge in [-0.05, 0) is 37.0 Å². The number of aldehydes is 1. The SMILES string of the molecule is CCOC(=O)Nc1nn(C2(CC#N)CCN(Cc3ccc(-c4ccccc4)c(O)c3)CC2)cc1C=O. The first-order chi connectivity index (χ1) is 17.5. The molecule has 4 rings (SSSR count). The van der Waals surface area contributed by atoms with E-state index in [1.54, 1.807) is 23.9 Å². The van der Waals surface area contributed by atoms with Crippen molar-refractivity contribution in [3.63, 3.8) is 0 Å². The monoisotopic (exact) mass is 487 g/mol. The van der Waals surface area contributed by atoms with E-state index in [0.717, 1.165) is 16.7 Å². The Morgan fingerprint density at radius 2 is 2.00 bits per heavy atom. The van der Waals surface area contributed by atoms with Gasteiger partial charge in [0.2, 0.25) is 0 Å². The second-order valence-corrected chi connectivity index (χ2v) is 8.89. The predicted octanol–water partition coefficient (Wildman–Crippen LogP) is 4.54. The highest BCUT2D eigenvalue weighted by molar-refractivity contribution is 5.91. The Bertz CT molecular complexity index is 1260. The molecule has 1 fully saturated rings. The van der Waals surface area contributed by atoms with E-state index in [4.69, 9.17) is 4.74 Å². The van der Waals surface area contributed by atoms with Crippen LogP contribution in [0.4, 0.5) is 10.6 Å². The molecule has 0 aliphatic carbocycles. The van der Waals surface area contributed by atoms with Crippen molar-refractivity contribution in [2.24, 2.45) is 0 Å². The van der Waals surface area contributed by atoms with Crippen LogP contribution in [0.1, 0.15) is 42.1 Å². The topological polar surface area (TPSA) is 120 Å². The average molecular weight is 488 g/mol. The van der Waals surface area contributed by atoms with Crippen LogP contribution in [0.2, 0.25) is 0 Å². The Balaban J connectivity index is 1.46. The van der Waals surface area contributed by atoms with Crippen molar-refractivity contribution < 1.29 is 19.4 Å². The molecule has 9 heteroatoms. The minimum absolute atomic E-state index is 0.122. The number of amides is 1. The van der Waals surface area contributed by atoms with E-state index in [1.807, 2.05) is 42.5 Å². The highest BCUT2D eigenvalue weighted by Crippen LogP contribution is 2.35. The maximum atomic E-state index is 11.8. The number of anilines is 1. The summed E-state index contributed by atoms with van der Waals surface area (Å²) in [6.07, 6.45) is 3.05. The fraction of sp³-hybridized carbons (Fsp3) is 0.333. The van der Waals surface area contributed by atoms with Gasteiger partial charge >= 0.3 is 6.09 Å². The van der Waals surface area contributed by atoms with Crippen molar-refractivity contribution in [3.8, 4) is 22.9 Å². The number of ether oxygens (including phenoxy) is 1. The molecule has 1 saturated heterocycles. The summed E-state index contributed by atoms with van der Waals surface area (Å²) in [5, 5.41) is 27.1. The van der Waals surface area contributed by atoms with Gasteiger partial charge in [0.15, 0.2) is 12.1 Å². The molecular weight excluding hydrogens is 458 g/mol. The summed E-state index contributed by atoms with van der Waals surface area (Å²) in [5.74, 6) is 0.367. The Morgan fingerprint density at radius 3 is 2.64 bits per heavy atom. The molecule has 3 aromatic rings. The van der Waals surface area contributed by atoms with Crippen molar-refractivity contribution in [1.29, 1.82) is 5.26 Å². The molecule has 9 nitrogen and oxygen atoms in total. The minimum Gasteiger partial charge on any atom is -0.507 e. The van der Waals surface area contributed by atoms with E-state index < -0.39 is 11.6 Å². The summed E-state index contributed by atoms with van der Waals surface area (Å²) in [6.45, 7) is 3.97. The van der Waals surface area contributed by atoms with Crippen LogP contribution in [-0.2, 0) is 16.8 Å². The van der Waals surface area contributed by atoms with E-state index in [0.29, 0.717) is 38.8 Å². The van der Waals surface area contributed by atoms with Crippen molar-refractivity contribution in [1.82, 2.24) is 14.7 Å². The van der Waals surface area contributed by atoms with Gasteiger partial charge in [-0.3, -0.25) is 19.7 Å². The molecule has 0 unspecified atom stereocenters. The number of carbonyl (C=O) groups is 2. The number of hydrogen-bond donors (Lipinski definition) is 2. The fourth-order valence-electron chi connectivity index (χ4n) is 4.63. The Morgan fingerprint density at radius 1 is 1.25 bits per heavy atom. The lowest BCUT2D eigenvalue weighted by Gasteiger charge is -2.40. The predicted molar refractivity (Wildman–Crippen MR) is 135 cm³/mol. The van der Waals surface area contributed by atoms with Crippen LogP contribution in [0.15, 0.2) is 54.7 Å². The first-order valence-electron chi connectivity index (χ1n) is 11.9. The van der Waals surface area contributed by atoms with E-state index in [1.165, 1.54) is 0 Å². The van der Waals surface area contributed by atoms with Gasteiger partial charge in [0.05, 0.1) is 30.2 Å². The maximum Gasteiger partial charge on any atom is 0.412 e. The van der Waals surface area contributed by atoms with Crippen LogP contribution in [0.5, 0.6) is 5.75 Å². The van der Waals surface area contributed by atoms with Gasteiger partial charge in [0.1, 0.15) is 5.75 Å². The van der Waals surface area contributed by atoms with Crippen LogP contribution in [0.25, 0.3) is 11.1 Å². The van der Waals surface area contributed by atoms with E-state index in [9.17, 15) is 20.0 Å². The number of nitrogens with one attached hydrogen (secondary N) is 1. The third-order valence-corrected chi connectivity index (χ3v) is 6.60. The third-order valence-electron chi connectivity index (χ3n) is 6.60. The standard InChI is InChI=1S/C27H29N5O4/c1-2-36-26(35)29-25-22(19-33)18-32(30-25)27(10-13-28)11-14-31(15-12-27)17-20-8-9-23(24(34)16-20)21-6-4-3-5-7-21/h3-9,16,18-19,34H,2,10-12,14-15,17H2,1H3,(H,29,30,35). The molecule has 0 radical (unpaired) electrons. The number of rotatable bonds is 8. The highest BCUT2D eigenvalue weighted by atomic mass is 16.5. The van der Waals surface area contributed by atoms with E-state index in [2.05, 4.69) is 21.4 Å². The lowest BCUT2D eigenvalue weighted by atomic mass is 9.84. The van der Waals surface area contributed by atoms with Gasteiger partial charge in [-0.25, -0.2) is 4.79 Å². The van der Waals surface area contributed by atoms with Crippen molar-refractivity contribution >= 4 is 18.2 Å². The quantitative estimate of drug-likeness (QED) is 0.448. The van der Waals surface area contributed by atoms with Crippen molar-refractivity contribution in [3.05, 3.63) is 65.9 Å². The van der Waals surface area contributed by atoms with Crippen LogP contribution in [0.3, 0.4) is 0 Å². The normalized spacial score (nSPS) is 15.1. The number of benzene rings is 2. The molecule has 0 spiro atoms. The molecule has 1 aliphatic heterocycles. The maximum absolute atomic E-state index is 11.8. The second-order valence-electron chi connectivity index (χ2n) is 8.89. The van der Waals surface area contributed by atoms with E-state index >= 15 is 0 Å². The first-order valence-corrected chi connectivity index (χ1v) is 11.9. The Kier molecular flexibility index (Phi) is 7.66. The lowest BCUT2D eigenvalue weighted by Crippen LogP contribution is -2.46. The Labute approximate surface area is 209 Å². The largest absolute Gasteiger partial charge is 0.507 e. The average Bonchev–Trinajstić information content (AvgIpc) is 3.29. The minimum atomic E-state index is -0.684. The molecule has 0 bridgehead atoms. The molecule has 1 amide bonds. The number of nitriles is 1. The van der Waals surface area contributed by atoms with Gasteiger partial charge in [0.25, 0.3) is 0 Å². The second kappa shape index (κ2) is 11.1. The molecule has 0 saturated carbocycles. The molecule has 1 aromatic heterocycles. The molecular formula is C27H29N5O4. The van der Waals surface area contributed by atoms with Crippen molar-refractivity contribution in [2.75, 3.05) is 25.0 Å². The molecule has 186 valence electrons. The number of aromatic nitrogens is 2. The number of hydrogen-bond acceptors (Lipinski definition) is 7. The van der Waals surface area contributed by atoms with Crippen LogP contribution < -0.4 is 5.32 Å². The van der Waals surface area contributed by atoms with E-state index in [-0.39, 0.29) is 30.2 Å². The molecule has 2 N–H and O–H groups in total. The number of aromatic hydroxyl groups is 1. The number of nitrogens with zero attached hydrogens (tertiary/aromatic N) is 4. The van der Waals surface area contributed by atoms with Gasteiger partial charge in [-0.1, -0.05) is 42.5 Å². The molecule has 2 aromatic carbocycles. The summed E-state index contributed by atoms with van der Waals surface area (Å²) in [7, 11) is 0. The fourth-order valence-corrected chi connectivity index (χ4v) is 4.63. The summed E-state index contributed by atoms with van der Waals surface area (Å²) >= 11 is 0. The number of phenols is 1. The summed E-state index contributed by atoms with van der Waals surface area (Å²) in [4.78, 5) is 25.7. The molecule has 2 heterocycles. The van der Waals surface area contributed by atoms with Crippen LogP contribution in [0, 0.1) is 11.3 Å². The first kappa shape index (κ1) is 24.9. The van der Waals surface area contributed by atoms with Gasteiger partial charge in [0, 0.05) is 31.4 Å². The highest BCUT2D eigenvalue weighted by Gasteiger charge is 2.38. The zero-order chi connectivity index (χ0) is 25.5. The summed E-state index contributed by atoms with van der Waals surface area (Å²) < 4.78 is 6.54. The zero-order valence-electron chi connectivity index (χ0n) is 20.2. The Hall–Kier alpha value is -4.16. The van der Waals surface area contributed by atoms with Crippen molar-refractivity contribution in [2.45, 2.75) is 38.3 Å².